The van der Waals surface area contributed by atoms with Gasteiger partial charge in [-0.2, -0.15) is 0 Å². The number of hydrogen-bond acceptors (Lipinski definition) is 4. The number of anilines is 2. The number of para-hydroxylation sites is 2. The predicted molar refractivity (Wildman–Crippen MR) is 159 cm³/mol. The van der Waals surface area contributed by atoms with Gasteiger partial charge in [-0.1, -0.05) is 65.8 Å². The molecule has 4 N–H and O–H groups in total. The summed E-state index contributed by atoms with van der Waals surface area (Å²) in [5, 5.41) is 14.2. The van der Waals surface area contributed by atoms with E-state index in [9.17, 15) is 9.59 Å². The number of fused-ring (bicyclic) bond motifs is 8. The van der Waals surface area contributed by atoms with Crippen LogP contribution in [0.4, 0.5) is 11.4 Å². The Balaban J connectivity index is 0.000000132. The molecule has 40 heavy (non-hydrogen) atoms. The van der Waals surface area contributed by atoms with Gasteiger partial charge in [0.1, 0.15) is 11.3 Å². The lowest BCUT2D eigenvalue weighted by Gasteiger charge is -2.57. The quantitative estimate of drug-likeness (QED) is 0.297. The standard InChI is InChI=1S/2C17H22N2O/c2*1-15(2)11-8-9-16(3,10-11)17(15)18-13-7-5-4-6-12(13)14(20)19-17/h2*4-7,11,18H,8-10H2,1-3H3,(H,19,20)/t2*11-,16+,17+/m00/s1. The van der Waals surface area contributed by atoms with E-state index in [1.54, 1.807) is 0 Å². The van der Waals surface area contributed by atoms with E-state index in [2.05, 4.69) is 62.8 Å². The van der Waals surface area contributed by atoms with Gasteiger partial charge in [-0.3, -0.25) is 9.59 Å². The maximum absolute atomic E-state index is 12.6. The maximum Gasteiger partial charge on any atom is 0.255 e. The van der Waals surface area contributed by atoms with Gasteiger partial charge in [0.05, 0.1) is 11.1 Å². The lowest BCUT2D eigenvalue weighted by molar-refractivity contribution is 0.0227. The van der Waals surface area contributed by atoms with Crippen molar-refractivity contribution in [1.29, 1.82) is 0 Å². The first-order chi connectivity index (χ1) is 18.8. The Hall–Kier alpha value is -3.02. The monoisotopic (exact) mass is 540 g/mol. The summed E-state index contributed by atoms with van der Waals surface area (Å²) in [5.74, 6) is 1.51. The summed E-state index contributed by atoms with van der Waals surface area (Å²) in [5.41, 5.74) is 3.31. The Labute approximate surface area is 238 Å². The SMILES string of the molecule is CC1(C)[C@H]2CC[C@](C)(C2)[C@]12NC(=O)c1ccccc1N2.CC1(C)[C@H]2CC[C@](C)(C2)[C@]12NC(=O)c1ccccc1N2. The van der Waals surface area contributed by atoms with E-state index in [-0.39, 0.29) is 44.8 Å². The fourth-order valence-electron chi connectivity index (χ4n) is 10.3. The van der Waals surface area contributed by atoms with E-state index < -0.39 is 0 Å². The molecule has 0 radical (unpaired) electrons. The molecule has 0 unspecified atom stereocenters. The molecule has 6 heteroatoms. The molecule has 212 valence electrons. The molecule has 0 saturated heterocycles. The van der Waals surface area contributed by atoms with Gasteiger partial charge in [-0.15, -0.1) is 0 Å². The molecule has 4 aliphatic carbocycles. The zero-order valence-corrected chi connectivity index (χ0v) is 24.8. The molecule has 2 aromatic rings. The Morgan fingerprint density at radius 3 is 1.30 bits per heavy atom. The second-order valence-electron chi connectivity index (χ2n) is 15.2. The molecule has 2 amide bonds. The van der Waals surface area contributed by atoms with E-state index in [0.717, 1.165) is 22.5 Å². The number of hydrogen-bond donors (Lipinski definition) is 4. The third kappa shape index (κ3) is 2.95. The van der Waals surface area contributed by atoms with Crippen LogP contribution >= 0.6 is 0 Å². The van der Waals surface area contributed by atoms with Crippen molar-refractivity contribution in [2.45, 2.75) is 91.4 Å². The van der Waals surface area contributed by atoms with Crippen LogP contribution in [0, 0.1) is 33.5 Å². The van der Waals surface area contributed by atoms with Gasteiger partial charge < -0.3 is 21.3 Å². The molecule has 4 saturated carbocycles. The lowest BCUT2D eigenvalue weighted by atomic mass is 9.62. The van der Waals surface area contributed by atoms with E-state index in [0.29, 0.717) is 11.8 Å². The molecule has 2 heterocycles. The Bertz CT molecular complexity index is 1310. The fourth-order valence-corrected chi connectivity index (χ4v) is 10.3. The first kappa shape index (κ1) is 25.9. The van der Waals surface area contributed by atoms with Crippen LogP contribution in [0.25, 0.3) is 0 Å². The zero-order valence-electron chi connectivity index (χ0n) is 24.8. The molecule has 4 fully saturated rings. The highest BCUT2D eigenvalue weighted by Gasteiger charge is 2.72. The van der Waals surface area contributed by atoms with Gasteiger partial charge in [-0.05, 0) is 74.6 Å². The first-order valence-electron chi connectivity index (χ1n) is 15.2. The van der Waals surface area contributed by atoms with Crippen molar-refractivity contribution >= 4 is 23.2 Å². The highest BCUT2D eigenvalue weighted by molar-refractivity contribution is 6.03. The average molecular weight is 541 g/mol. The summed E-state index contributed by atoms with van der Waals surface area (Å²) < 4.78 is 0. The Kier molecular flexibility index (Phi) is 5.07. The highest BCUT2D eigenvalue weighted by atomic mass is 16.2. The third-order valence-corrected chi connectivity index (χ3v) is 12.9. The third-order valence-electron chi connectivity index (χ3n) is 12.9. The Morgan fingerprint density at radius 2 is 0.950 bits per heavy atom. The minimum Gasteiger partial charge on any atom is -0.361 e. The second-order valence-corrected chi connectivity index (χ2v) is 15.2. The van der Waals surface area contributed by atoms with Crippen LogP contribution in [0.1, 0.15) is 101 Å². The first-order valence-corrected chi connectivity index (χ1v) is 15.2. The average Bonchev–Trinajstić information content (AvgIpc) is 3.60. The van der Waals surface area contributed by atoms with Crippen LogP contribution in [0.15, 0.2) is 48.5 Å². The molecule has 6 nitrogen and oxygen atoms in total. The summed E-state index contributed by atoms with van der Waals surface area (Å²) in [6.07, 6.45) is 7.35. The molecule has 4 bridgehead atoms. The summed E-state index contributed by atoms with van der Waals surface area (Å²) in [7, 11) is 0. The smallest absolute Gasteiger partial charge is 0.255 e. The topological polar surface area (TPSA) is 82.3 Å². The molecule has 6 aliphatic rings. The lowest BCUT2D eigenvalue weighted by Crippen LogP contribution is -2.71. The molecule has 8 rings (SSSR count). The number of nitrogens with one attached hydrogen (secondary N) is 4. The van der Waals surface area contributed by atoms with Crippen LogP contribution in [-0.2, 0) is 0 Å². The van der Waals surface area contributed by atoms with Crippen molar-refractivity contribution in [3.05, 3.63) is 59.7 Å². The van der Waals surface area contributed by atoms with Crippen LogP contribution in [0.2, 0.25) is 0 Å². The van der Waals surface area contributed by atoms with Gasteiger partial charge in [0, 0.05) is 33.0 Å². The Morgan fingerprint density at radius 1 is 0.575 bits per heavy atom. The van der Waals surface area contributed by atoms with Crippen LogP contribution < -0.4 is 21.3 Å². The van der Waals surface area contributed by atoms with Gasteiger partial charge in [-0.25, -0.2) is 0 Å². The predicted octanol–water partition coefficient (Wildman–Crippen LogP) is 6.77. The van der Waals surface area contributed by atoms with Gasteiger partial charge in [0.25, 0.3) is 11.8 Å². The van der Waals surface area contributed by atoms with Crippen LogP contribution in [-0.4, -0.2) is 23.1 Å². The molecular formula is C34H44N4O2. The highest BCUT2D eigenvalue weighted by Crippen LogP contribution is 2.69. The second kappa shape index (κ2) is 7.83. The van der Waals surface area contributed by atoms with E-state index >= 15 is 0 Å². The summed E-state index contributed by atoms with van der Waals surface area (Å²) in [6, 6.07) is 15.7. The minimum atomic E-state index is -0.311. The van der Waals surface area contributed by atoms with Crippen LogP contribution in [0.3, 0.4) is 0 Å². The largest absolute Gasteiger partial charge is 0.361 e. The summed E-state index contributed by atoms with van der Waals surface area (Å²) in [6.45, 7) is 13.9. The number of rotatable bonds is 0. The van der Waals surface area contributed by atoms with Crippen molar-refractivity contribution in [1.82, 2.24) is 10.6 Å². The fraction of sp³-hybridized carbons (Fsp3) is 0.588. The van der Waals surface area contributed by atoms with Gasteiger partial charge in [0.2, 0.25) is 0 Å². The number of carbonyl (C=O) groups is 2. The van der Waals surface area contributed by atoms with Gasteiger partial charge in [0.15, 0.2) is 0 Å². The van der Waals surface area contributed by atoms with E-state index in [1.807, 2.05) is 48.5 Å². The normalized spacial score (nSPS) is 40.4. The molecule has 2 aliphatic heterocycles. The van der Waals surface area contributed by atoms with Crippen molar-refractivity contribution in [2.24, 2.45) is 33.5 Å². The number of amides is 2. The molecule has 6 atom stereocenters. The van der Waals surface area contributed by atoms with Gasteiger partial charge >= 0.3 is 0 Å². The van der Waals surface area contributed by atoms with Crippen molar-refractivity contribution in [3.63, 3.8) is 0 Å². The zero-order chi connectivity index (χ0) is 28.3. The molecule has 2 spiro atoms. The maximum atomic E-state index is 12.6. The minimum absolute atomic E-state index is 0.0706. The van der Waals surface area contributed by atoms with Crippen LogP contribution in [0.5, 0.6) is 0 Å². The number of carbonyl (C=O) groups excluding carboxylic acids is 2. The molecule has 0 aromatic heterocycles. The molecule has 2 aromatic carbocycles. The number of benzene rings is 2. The van der Waals surface area contributed by atoms with E-state index in [1.165, 1.54) is 38.5 Å². The van der Waals surface area contributed by atoms with E-state index in [4.69, 9.17) is 0 Å². The van der Waals surface area contributed by atoms with Crippen molar-refractivity contribution in [2.75, 3.05) is 10.6 Å². The van der Waals surface area contributed by atoms with Crippen molar-refractivity contribution < 1.29 is 9.59 Å². The molecular weight excluding hydrogens is 496 g/mol. The van der Waals surface area contributed by atoms with Crippen molar-refractivity contribution in [3.8, 4) is 0 Å². The summed E-state index contributed by atoms with van der Waals surface area (Å²) in [4.78, 5) is 25.2. The summed E-state index contributed by atoms with van der Waals surface area (Å²) >= 11 is 0.